The third kappa shape index (κ3) is 6.47. The number of nitriles is 1. The van der Waals surface area contributed by atoms with Crippen molar-refractivity contribution in [3.8, 4) is 11.8 Å². The highest BCUT2D eigenvalue weighted by atomic mass is 19.3. The van der Waals surface area contributed by atoms with Crippen LogP contribution < -0.4 is 15.4 Å². The smallest absolute Gasteiger partial charge is 0.387 e. The van der Waals surface area contributed by atoms with E-state index < -0.39 is 6.61 Å². The van der Waals surface area contributed by atoms with Gasteiger partial charge < -0.3 is 15.4 Å². The number of benzene rings is 2. The van der Waals surface area contributed by atoms with Crippen molar-refractivity contribution in [2.75, 3.05) is 18.4 Å². The van der Waals surface area contributed by atoms with Gasteiger partial charge in [0.1, 0.15) is 5.75 Å². The van der Waals surface area contributed by atoms with E-state index in [0.717, 1.165) is 5.56 Å². The van der Waals surface area contributed by atoms with Crippen molar-refractivity contribution in [3.05, 3.63) is 59.7 Å². The number of amides is 1. The lowest BCUT2D eigenvalue weighted by atomic mass is 10.1. The molecule has 0 fully saturated rings. The molecular weight excluding hydrogens is 328 g/mol. The molecule has 0 radical (unpaired) electrons. The minimum absolute atomic E-state index is 0.0933. The van der Waals surface area contributed by atoms with Crippen molar-refractivity contribution in [2.45, 2.75) is 13.0 Å². The van der Waals surface area contributed by atoms with E-state index >= 15 is 0 Å². The molecule has 2 aromatic carbocycles. The number of nitrogens with one attached hydrogen (secondary N) is 2. The van der Waals surface area contributed by atoms with Crippen molar-refractivity contribution in [3.63, 3.8) is 0 Å². The van der Waals surface area contributed by atoms with Crippen molar-refractivity contribution < 1.29 is 18.3 Å². The van der Waals surface area contributed by atoms with Gasteiger partial charge in [-0.1, -0.05) is 18.2 Å². The first-order valence-corrected chi connectivity index (χ1v) is 7.61. The van der Waals surface area contributed by atoms with Crippen LogP contribution >= 0.6 is 0 Å². The zero-order valence-electron chi connectivity index (χ0n) is 13.3. The molecular formula is C18H17F2N3O2. The molecule has 0 unspecified atom stereocenters. The molecule has 0 atom stereocenters. The van der Waals surface area contributed by atoms with E-state index in [-0.39, 0.29) is 18.2 Å². The van der Waals surface area contributed by atoms with Crippen molar-refractivity contribution in [1.29, 1.82) is 5.26 Å². The molecule has 25 heavy (non-hydrogen) atoms. The summed E-state index contributed by atoms with van der Waals surface area (Å²) in [5.74, 6) is -0.0772. The fourth-order valence-electron chi connectivity index (χ4n) is 2.13. The van der Waals surface area contributed by atoms with E-state index in [4.69, 9.17) is 5.26 Å². The average Bonchev–Trinajstić information content (AvgIpc) is 2.61. The second-order valence-corrected chi connectivity index (χ2v) is 5.17. The van der Waals surface area contributed by atoms with Crippen LogP contribution in [-0.4, -0.2) is 25.6 Å². The predicted octanol–water partition coefficient (Wildman–Crippen LogP) is 2.93. The molecule has 0 bridgehead atoms. The normalized spacial score (nSPS) is 10.2. The average molecular weight is 345 g/mol. The van der Waals surface area contributed by atoms with Crippen LogP contribution in [0.5, 0.6) is 5.75 Å². The lowest BCUT2D eigenvalue weighted by molar-refractivity contribution is -0.119. The van der Waals surface area contributed by atoms with Gasteiger partial charge >= 0.3 is 6.61 Å². The van der Waals surface area contributed by atoms with Gasteiger partial charge in [0.05, 0.1) is 18.2 Å². The summed E-state index contributed by atoms with van der Waals surface area (Å²) in [4.78, 5) is 11.8. The van der Waals surface area contributed by atoms with E-state index in [1.807, 2.05) is 6.07 Å². The number of hydrogen-bond donors (Lipinski definition) is 2. The third-order valence-corrected chi connectivity index (χ3v) is 3.33. The molecule has 2 rings (SSSR count). The van der Waals surface area contributed by atoms with Crippen molar-refractivity contribution >= 4 is 11.6 Å². The Kier molecular flexibility index (Phi) is 6.72. The minimum Gasteiger partial charge on any atom is -0.435 e. The largest absolute Gasteiger partial charge is 0.435 e. The summed E-state index contributed by atoms with van der Waals surface area (Å²) in [5.41, 5.74) is 2.12. The van der Waals surface area contributed by atoms with Gasteiger partial charge in [0.2, 0.25) is 5.91 Å². The van der Waals surface area contributed by atoms with Crippen LogP contribution in [0.25, 0.3) is 0 Å². The maximum atomic E-state index is 12.1. The topological polar surface area (TPSA) is 74.2 Å². The highest BCUT2D eigenvalue weighted by molar-refractivity contribution is 5.80. The number of carbonyl (C=O) groups is 1. The zero-order valence-corrected chi connectivity index (χ0v) is 13.3. The van der Waals surface area contributed by atoms with Crippen molar-refractivity contribution in [1.82, 2.24) is 5.32 Å². The van der Waals surface area contributed by atoms with Gasteiger partial charge in [-0.15, -0.1) is 0 Å². The molecule has 0 aromatic heterocycles. The fraction of sp³-hybridized carbons (Fsp3) is 0.222. The molecule has 2 N–H and O–H groups in total. The van der Waals surface area contributed by atoms with Crippen LogP contribution in [0.1, 0.15) is 11.1 Å². The van der Waals surface area contributed by atoms with E-state index in [1.165, 1.54) is 12.1 Å². The van der Waals surface area contributed by atoms with Gasteiger partial charge in [-0.25, -0.2) is 0 Å². The molecule has 5 nitrogen and oxygen atoms in total. The van der Waals surface area contributed by atoms with Gasteiger partial charge in [-0.3, -0.25) is 4.79 Å². The number of ether oxygens (including phenoxy) is 1. The summed E-state index contributed by atoms with van der Waals surface area (Å²) in [5, 5.41) is 14.5. The highest BCUT2D eigenvalue weighted by Gasteiger charge is 2.04. The maximum absolute atomic E-state index is 12.1. The monoisotopic (exact) mass is 345 g/mol. The number of hydrogen-bond acceptors (Lipinski definition) is 4. The molecule has 0 spiro atoms. The molecule has 7 heteroatoms. The molecule has 0 saturated heterocycles. The molecule has 0 heterocycles. The summed E-state index contributed by atoms with van der Waals surface area (Å²) >= 11 is 0. The number of rotatable bonds is 8. The van der Waals surface area contributed by atoms with Crippen LogP contribution in [0.15, 0.2) is 48.5 Å². The summed E-state index contributed by atoms with van der Waals surface area (Å²) < 4.78 is 28.4. The SMILES string of the molecule is N#Cc1cccc(NCC(=O)NCCc2ccc(OC(F)F)cc2)c1. The maximum Gasteiger partial charge on any atom is 0.387 e. The lowest BCUT2D eigenvalue weighted by Gasteiger charge is -2.09. The highest BCUT2D eigenvalue weighted by Crippen LogP contribution is 2.15. The predicted molar refractivity (Wildman–Crippen MR) is 89.4 cm³/mol. The fourth-order valence-corrected chi connectivity index (χ4v) is 2.13. The number of alkyl halides is 2. The van der Waals surface area contributed by atoms with E-state index in [9.17, 15) is 13.6 Å². The van der Waals surface area contributed by atoms with Crippen LogP contribution in [-0.2, 0) is 11.2 Å². The van der Waals surface area contributed by atoms with Gasteiger partial charge in [0, 0.05) is 12.2 Å². The second kappa shape index (κ2) is 9.23. The quantitative estimate of drug-likeness (QED) is 0.771. The minimum atomic E-state index is -2.84. The molecule has 2 aromatic rings. The number of nitrogens with zero attached hydrogens (tertiary/aromatic N) is 1. The second-order valence-electron chi connectivity index (χ2n) is 5.17. The van der Waals surface area contributed by atoms with Crippen molar-refractivity contribution in [2.24, 2.45) is 0 Å². The summed E-state index contributed by atoms with van der Waals surface area (Å²) in [6.07, 6.45) is 0.574. The van der Waals surface area contributed by atoms with E-state index in [1.54, 1.807) is 36.4 Å². The first kappa shape index (κ1) is 18.2. The van der Waals surface area contributed by atoms with Crippen LogP contribution in [0.2, 0.25) is 0 Å². The van der Waals surface area contributed by atoms with E-state index in [0.29, 0.717) is 24.2 Å². The zero-order chi connectivity index (χ0) is 18.1. The first-order chi connectivity index (χ1) is 12.1. The number of halogens is 2. The van der Waals surface area contributed by atoms with Crippen LogP contribution in [0.3, 0.4) is 0 Å². The van der Waals surface area contributed by atoms with Gasteiger partial charge in [-0.05, 0) is 42.3 Å². The standard InChI is InChI=1S/C18H17F2N3O2/c19-18(20)25-16-6-4-13(5-7-16)8-9-22-17(24)12-23-15-3-1-2-14(10-15)11-21/h1-7,10,18,23H,8-9,12H2,(H,22,24). The van der Waals surface area contributed by atoms with Gasteiger partial charge in [0.25, 0.3) is 0 Å². The summed E-state index contributed by atoms with van der Waals surface area (Å²) in [6, 6.07) is 15.2. The Morgan fingerprint density at radius 3 is 2.64 bits per heavy atom. The Morgan fingerprint density at radius 2 is 1.96 bits per heavy atom. The Labute approximate surface area is 144 Å². The Bertz CT molecular complexity index is 743. The molecule has 130 valence electrons. The molecule has 0 saturated carbocycles. The number of anilines is 1. The van der Waals surface area contributed by atoms with E-state index in [2.05, 4.69) is 15.4 Å². The van der Waals surface area contributed by atoms with Gasteiger partial charge in [-0.2, -0.15) is 14.0 Å². The number of carbonyl (C=O) groups excluding carboxylic acids is 1. The molecule has 0 aliphatic carbocycles. The van der Waals surface area contributed by atoms with Crippen LogP contribution in [0.4, 0.5) is 14.5 Å². The Hall–Kier alpha value is -3.14. The lowest BCUT2D eigenvalue weighted by Crippen LogP contribution is -2.31. The third-order valence-electron chi connectivity index (χ3n) is 3.33. The Balaban J connectivity index is 1.70. The summed E-state index contributed by atoms with van der Waals surface area (Å²) in [7, 11) is 0. The van der Waals surface area contributed by atoms with Crippen LogP contribution in [0, 0.1) is 11.3 Å². The molecule has 0 aliphatic heterocycles. The molecule has 0 aliphatic rings. The molecule has 1 amide bonds. The summed E-state index contributed by atoms with van der Waals surface area (Å²) in [6.45, 7) is -2.32. The first-order valence-electron chi connectivity index (χ1n) is 7.61. The Morgan fingerprint density at radius 1 is 1.20 bits per heavy atom. The van der Waals surface area contributed by atoms with Gasteiger partial charge in [0.15, 0.2) is 0 Å².